The van der Waals surface area contributed by atoms with Crippen molar-refractivity contribution in [3.8, 4) is 11.5 Å². The maximum Gasteiger partial charge on any atom is 0.266 e. The van der Waals surface area contributed by atoms with Crippen molar-refractivity contribution in [3.63, 3.8) is 0 Å². The van der Waals surface area contributed by atoms with Gasteiger partial charge in [0.1, 0.15) is 4.32 Å². The summed E-state index contributed by atoms with van der Waals surface area (Å²) in [6.07, 6.45) is 1.69. The molecule has 1 amide bonds. The van der Waals surface area contributed by atoms with Gasteiger partial charge in [0.15, 0.2) is 11.5 Å². The van der Waals surface area contributed by atoms with Crippen LogP contribution in [0.1, 0.15) is 18.1 Å². The zero-order valence-electron chi connectivity index (χ0n) is 15.5. The number of hydrogen-bond donors (Lipinski definition) is 1. The summed E-state index contributed by atoms with van der Waals surface area (Å²) < 4.78 is 5.52. The fourth-order valence-corrected chi connectivity index (χ4v) is 4.27. The van der Waals surface area contributed by atoms with Crippen molar-refractivity contribution < 1.29 is 24.5 Å². The third-order valence-electron chi connectivity index (χ3n) is 4.26. The van der Waals surface area contributed by atoms with Gasteiger partial charge < -0.3 is 19.7 Å². The van der Waals surface area contributed by atoms with E-state index in [9.17, 15) is 19.8 Å². The van der Waals surface area contributed by atoms with E-state index in [0.717, 1.165) is 22.2 Å². The minimum absolute atomic E-state index is 0.00331. The van der Waals surface area contributed by atoms with Crippen LogP contribution in [0.15, 0.2) is 53.4 Å². The van der Waals surface area contributed by atoms with Crippen LogP contribution in [0, 0.1) is 0 Å². The molecule has 1 aliphatic rings. The van der Waals surface area contributed by atoms with Crippen LogP contribution in [-0.2, 0) is 16.0 Å². The summed E-state index contributed by atoms with van der Waals surface area (Å²) in [4.78, 5) is 26.1. The lowest BCUT2D eigenvalue weighted by atomic mass is 10.0. The predicted octanol–water partition coefficient (Wildman–Crippen LogP) is 2.35. The summed E-state index contributed by atoms with van der Waals surface area (Å²) >= 11 is 6.31. The van der Waals surface area contributed by atoms with Crippen LogP contribution in [-0.4, -0.2) is 38.9 Å². The molecule has 1 saturated heterocycles. The Kier molecular flexibility index (Phi) is 6.56. The second-order valence-corrected chi connectivity index (χ2v) is 7.91. The molecule has 6 nitrogen and oxygen atoms in total. The monoisotopic (exact) mass is 428 g/mol. The molecule has 29 heavy (non-hydrogen) atoms. The summed E-state index contributed by atoms with van der Waals surface area (Å²) in [5.74, 6) is -1.56. The minimum atomic E-state index is -1.37. The molecular formula is C21H18NO5S2-. The topological polar surface area (TPSA) is 89.9 Å². The molecule has 0 aliphatic carbocycles. The number of hydrogen-bond acceptors (Lipinski definition) is 7. The molecule has 0 spiro atoms. The van der Waals surface area contributed by atoms with Gasteiger partial charge in [-0.05, 0) is 42.7 Å². The number of aromatic hydroxyl groups is 1. The molecule has 1 aliphatic heterocycles. The number of phenolic OH excluding ortho intramolecular Hbond substituents is 1. The summed E-state index contributed by atoms with van der Waals surface area (Å²) in [6.45, 7) is 2.18. The Bertz CT molecular complexity index is 974. The van der Waals surface area contributed by atoms with E-state index in [1.54, 1.807) is 49.4 Å². The number of carbonyl (C=O) groups is 2. The molecular weight excluding hydrogens is 410 g/mol. The molecule has 0 saturated carbocycles. The van der Waals surface area contributed by atoms with Crippen LogP contribution in [0.25, 0.3) is 6.08 Å². The lowest BCUT2D eigenvalue weighted by Gasteiger charge is -2.27. The molecule has 8 heteroatoms. The van der Waals surface area contributed by atoms with E-state index in [1.807, 2.05) is 6.07 Å². The van der Waals surface area contributed by atoms with Crippen molar-refractivity contribution >= 4 is 46.3 Å². The number of carbonyl (C=O) groups excluding carboxylic acids is 2. The number of benzene rings is 2. The average Bonchev–Trinajstić information content (AvgIpc) is 2.96. The highest BCUT2D eigenvalue weighted by Gasteiger charge is 2.37. The van der Waals surface area contributed by atoms with E-state index in [2.05, 4.69) is 0 Å². The molecule has 1 N–H and O–H groups in total. The van der Waals surface area contributed by atoms with Crippen LogP contribution < -0.4 is 9.84 Å². The normalized spacial score (nSPS) is 16.3. The Labute approximate surface area is 177 Å². The van der Waals surface area contributed by atoms with Gasteiger partial charge in [-0.15, -0.1) is 0 Å². The van der Waals surface area contributed by atoms with Crippen molar-refractivity contribution in [2.24, 2.45) is 0 Å². The fraction of sp³-hybridized carbons (Fsp3) is 0.190. The number of nitrogens with zero attached hydrogens (tertiary/aromatic N) is 1. The number of carboxylic acids is 1. The molecule has 1 heterocycles. The zero-order valence-corrected chi connectivity index (χ0v) is 17.2. The van der Waals surface area contributed by atoms with Crippen LogP contribution >= 0.6 is 24.0 Å². The molecule has 0 bridgehead atoms. The van der Waals surface area contributed by atoms with Crippen molar-refractivity contribution in [1.29, 1.82) is 0 Å². The standard InChI is InChI=1S/C21H19NO5S2/c1-2-27-17-11-14(8-9-16(17)23)12-18-19(24)22(21(28)29-18)15(20(25)26)10-13-6-4-3-5-7-13/h3-9,11-12,15,23H,2,10H2,1H3,(H,25,26)/p-1/b18-12-/t15-/m0/s1. The lowest BCUT2D eigenvalue weighted by molar-refractivity contribution is -0.310. The first kappa shape index (κ1) is 20.9. The SMILES string of the molecule is CCOc1cc(/C=C2\SC(=S)N([C@@H](Cc3ccccc3)C(=O)[O-])C2=O)ccc1O. The third-order valence-corrected chi connectivity index (χ3v) is 5.59. The highest BCUT2D eigenvalue weighted by atomic mass is 32.2. The van der Waals surface area contributed by atoms with E-state index >= 15 is 0 Å². The molecule has 2 aromatic carbocycles. The summed E-state index contributed by atoms with van der Waals surface area (Å²) in [5.41, 5.74) is 1.39. The second kappa shape index (κ2) is 9.11. The molecule has 1 fully saturated rings. The van der Waals surface area contributed by atoms with Gasteiger partial charge >= 0.3 is 0 Å². The van der Waals surface area contributed by atoms with Gasteiger partial charge in [-0.3, -0.25) is 9.69 Å². The van der Waals surface area contributed by atoms with Crippen LogP contribution in [0.3, 0.4) is 0 Å². The molecule has 2 aromatic rings. The number of phenols is 1. The fourth-order valence-electron chi connectivity index (χ4n) is 2.91. The highest BCUT2D eigenvalue weighted by Crippen LogP contribution is 2.36. The molecule has 0 radical (unpaired) electrons. The van der Waals surface area contributed by atoms with Gasteiger partial charge in [-0.1, -0.05) is 60.4 Å². The number of amides is 1. The largest absolute Gasteiger partial charge is 0.548 e. The Morgan fingerprint density at radius 3 is 2.69 bits per heavy atom. The quantitative estimate of drug-likeness (QED) is 0.535. The van der Waals surface area contributed by atoms with Gasteiger partial charge in [-0.2, -0.15) is 0 Å². The van der Waals surface area contributed by atoms with E-state index in [0.29, 0.717) is 22.8 Å². The molecule has 0 aromatic heterocycles. The summed E-state index contributed by atoms with van der Waals surface area (Å²) in [7, 11) is 0. The van der Waals surface area contributed by atoms with Crippen molar-refractivity contribution in [2.75, 3.05) is 6.61 Å². The van der Waals surface area contributed by atoms with Gasteiger partial charge in [0.25, 0.3) is 5.91 Å². The maximum absolute atomic E-state index is 12.9. The average molecular weight is 429 g/mol. The smallest absolute Gasteiger partial charge is 0.266 e. The highest BCUT2D eigenvalue weighted by molar-refractivity contribution is 8.26. The second-order valence-electron chi connectivity index (χ2n) is 6.24. The molecule has 3 rings (SSSR count). The first-order valence-corrected chi connectivity index (χ1v) is 10.1. The number of ether oxygens (including phenoxy) is 1. The van der Waals surface area contributed by atoms with Gasteiger partial charge in [0.2, 0.25) is 0 Å². The Balaban J connectivity index is 1.87. The Hall–Kier alpha value is -2.84. The van der Waals surface area contributed by atoms with Crippen molar-refractivity contribution in [2.45, 2.75) is 19.4 Å². The van der Waals surface area contributed by atoms with E-state index in [-0.39, 0.29) is 16.5 Å². The lowest BCUT2D eigenvalue weighted by Crippen LogP contribution is -2.51. The number of rotatable bonds is 7. The van der Waals surface area contributed by atoms with Gasteiger partial charge in [0, 0.05) is 0 Å². The van der Waals surface area contributed by atoms with Crippen molar-refractivity contribution in [3.05, 3.63) is 64.6 Å². The van der Waals surface area contributed by atoms with E-state index in [4.69, 9.17) is 17.0 Å². The first-order valence-electron chi connectivity index (χ1n) is 8.88. The molecule has 0 unspecified atom stereocenters. The van der Waals surface area contributed by atoms with Gasteiger partial charge in [-0.25, -0.2) is 0 Å². The molecule has 150 valence electrons. The maximum atomic E-state index is 12.9. The van der Waals surface area contributed by atoms with Crippen LogP contribution in [0.2, 0.25) is 0 Å². The Morgan fingerprint density at radius 2 is 2.03 bits per heavy atom. The summed E-state index contributed by atoms with van der Waals surface area (Å²) in [6, 6.07) is 12.5. The predicted molar refractivity (Wildman–Crippen MR) is 113 cm³/mol. The number of thioether (sulfide) groups is 1. The number of carboxylic acid groups (broad SMARTS) is 1. The van der Waals surface area contributed by atoms with Gasteiger partial charge in [0.05, 0.1) is 23.5 Å². The van der Waals surface area contributed by atoms with Crippen molar-refractivity contribution in [1.82, 2.24) is 4.90 Å². The Morgan fingerprint density at radius 1 is 1.31 bits per heavy atom. The van der Waals surface area contributed by atoms with Crippen LogP contribution in [0.4, 0.5) is 0 Å². The molecule has 1 atom stereocenters. The third kappa shape index (κ3) is 4.78. The number of aliphatic carboxylic acids is 1. The van der Waals surface area contributed by atoms with Crippen LogP contribution in [0.5, 0.6) is 11.5 Å². The minimum Gasteiger partial charge on any atom is -0.548 e. The first-order chi connectivity index (χ1) is 13.9. The summed E-state index contributed by atoms with van der Waals surface area (Å²) in [5, 5.41) is 21.6. The van der Waals surface area contributed by atoms with E-state index < -0.39 is 17.9 Å². The zero-order chi connectivity index (χ0) is 21.0. The number of thiocarbonyl (C=S) groups is 1. The van der Waals surface area contributed by atoms with E-state index in [1.165, 1.54) is 6.07 Å².